The second-order valence-corrected chi connectivity index (χ2v) is 9.46. The Labute approximate surface area is 148 Å². The first-order valence-electron chi connectivity index (χ1n) is 10.6. The molecule has 4 aliphatic rings. The fourth-order valence-electron chi connectivity index (χ4n) is 7.38. The zero-order chi connectivity index (χ0) is 16.9. The quantitative estimate of drug-likeness (QED) is 0.574. The first-order valence-corrected chi connectivity index (χ1v) is 10.6. The molecule has 134 valence electrons. The van der Waals surface area contributed by atoms with E-state index in [4.69, 9.17) is 4.74 Å². The zero-order valence-electron chi connectivity index (χ0n) is 16.2. The van der Waals surface area contributed by atoms with Gasteiger partial charge in [0.2, 0.25) is 0 Å². The number of hydrogen-bond acceptors (Lipinski definition) is 1. The molecule has 6 atom stereocenters. The molecule has 1 nitrogen and oxygen atoms in total. The van der Waals surface area contributed by atoms with Gasteiger partial charge in [-0.05, 0) is 91.6 Å². The van der Waals surface area contributed by atoms with Gasteiger partial charge in [0.15, 0.2) is 0 Å². The molecule has 4 aliphatic carbocycles. The van der Waals surface area contributed by atoms with E-state index < -0.39 is 0 Å². The van der Waals surface area contributed by atoms with Gasteiger partial charge in [-0.25, -0.2) is 0 Å². The predicted octanol–water partition coefficient (Wildman–Crippen LogP) is 6.51. The molecule has 0 N–H and O–H groups in total. The van der Waals surface area contributed by atoms with Crippen LogP contribution in [0.4, 0.5) is 0 Å². The van der Waals surface area contributed by atoms with Gasteiger partial charge in [0, 0.05) is 6.42 Å². The summed E-state index contributed by atoms with van der Waals surface area (Å²) >= 11 is 0. The van der Waals surface area contributed by atoms with E-state index in [0.29, 0.717) is 10.8 Å². The van der Waals surface area contributed by atoms with Crippen LogP contribution < -0.4 is 0 Å². The summed E-state index contributed by atoms with van der Waals surface area (Å²) in [4.78, 5) is 0. The van der Waals surface area contributed by atoms with Crippen LogP contribution in [0.5, 0.6) is 0 Å². The molecule has 0 unspecified atom stereocenters. The first-order chi connectivity index (χ1) is 11.5. The first kappa shape index (κ1) is 16.7. The maximum atomic E-state index is 5.85. The highest BCUT2D eigenvalue weighted by atomic mass is 16.5. The topological polar surface area (TPSA) is 9.23 Å². The number of hydrogen-bond donors (Lipinski definition) is 0. The van der Waals surface area contributed by atoms with Crippen LogP contribution in [0.15, 0.2) is 23.5 Å². The molecule has 0 heterocycles. The minimum atomic E-state index is 0.412. The SMILES string of the molecule is CCOC1=CC2=CC[C@H]3[C@@H]4CC[C@H](CC)[C@@]4(C)CC[C@@H]3[C@@]2(C)CC1. The number of fused-ring (bicyclic) bond motifs is 5. The van der Waals surface area contributed by atoms with Gasteiger partial charge in [0.1, 0.15) is 0 Å². The maximum absolute atomic E-state index is 5.85. The third-order valence-corrected chi connectivity index (χ3v) is 8.75. The smallest absolute Gasteiger partial charge is 0.0962 e. The minimum absolute atomic E-state index is 0.412. The maximum Gasteiger partial charge on any atom is 0.0962 e. The van der Waals surface area contributed by atoms with Crippen molar-refractivity contribution in [3.63, 3.8) is 0 Å². The summed E-state index contributed by atoms with van der Waals surface area (Å²) in [6.07, 6.45) is 16.1. The number of allylic oxidation sites excluding steroid dienone is 4. The molecule has 0 bridgehead atoms. The lowest BCUT2D eigenvalue weighted by Crippen LogP contribution is -2.49. The largest absolute Gasteiger partial charge is 0.498 e. The van der Waals surface area contributed by atoms with E-state index in [1.54, 1.807) is 5.57 Å². The van der Waals surface area contributed by atoms with Crippen LogP contribution in [0.2, 0.25) is 0 Å². The zero-order valence-corrected chi connectivity index (χ0v) is 16.2. The molecule has 2 saturated carbocycles. The predicted molar refractivity (Wildman–Crippen MR) is 101 cm³/mol. The lowest BCUT2D eigenvalue weighted by Gasteiger charge is -2.57. The Kier molecular flexibility index (Phi) is 4.13. The highest BCUT2D eigenvalue weighted by Gasteiger charge is 2.57. The highest BCUT2D eigenvalue weighted by molar-refractivity contribution is 5.35. The molecular weight excluding hydrogens is 292 g/mol. The molecular formula is C23H36O. The minimum Gasteiger partial charge on any atom is -0.498 e. The van der Waals surface area contributed by atoms with Crippen LogP contribution in [-0.2, 0) is 4.74 Å². The van der Waals surface area contributed by atoms with Crippen LogP contribution in [0.25, 0.3) is 0 Å². The molecule has 2 fully saturated rings. The van der Waals surface area contributed by atoms with Crippen molar-refractivity contribution in [2.45, 2.75) is 79.1 Å². The molecule has 0 amide bonds. The Bertz CT molecular complexity index is 558. The van der Waals surface area contributed by atoms with Crippen molar-refractivity contribution in [2.24, 2.45) is 34.5 Å². The van der Waals surface area contributed by atoms with E-state index in [2.05, 4.69) is 39.8 Å². The van der Waals surface area contributed by atoms with Gasteiger partial charge in [0.25, 0.3) is 0 Å². The molecule has 0 aromatic carbocycles. The average molecular weight is 329 g/mol. The standard InChI is InChI=1S/C23H36O/c1-5-16-8-10-20-19-9-7-17-15-18(24-6-2)11-13-23(17,4)21(19)12-14-22(16,20)3/h7,15-16,19-21H,5-6,8-14H2,1-4H3/t16-,19-,20-,21-,22+,23-/m0/s1. The van der Waals surface area contributed by atoms with E-state index in [1.165, 1.54) is 50.7 Å². The average Bonchev–Trinajstić information content (AvgIpc) is 2.92. The van der Waals surface area contributed by atoms with E-state index in [0.717, 1.165) is 36.7 Å². The molecule has 0 saturated heterocycles. The lowest BCUT2D eigenvalue weighted by molar-refractivity contribution is -0.0378. The van der Waals surface area contributed by atoms with Crippen molar-refractivity contribution < 1.29 is 4.74 Å². The number of ether oxygens (including phenoxy) is 1. The van der Waals surface area contributed by atoms with Gasteiger partial charge in [-0.15, -0.1) is 0 Å². The summed E-state index contributed by atoms with van der Waals surface area (Å²) in [5, 5.41) is 0. The Morgan fingerprint density at radius 3 is 2.67 bits per heavy atom. The summed E-state index contributed by atoms with van der Waals surface area (Å²) < 4.78 is 5.85. The third kappa shape index (κ3) is 2.26. The van der Waals surface area contributed by atoms with Crippen LogP contribution in [0, 0.1) is 34.5 Å². The second-order valence-electron chi connectivity index (χ2n) is 9.46. The summed E-state index contributed by atoms with van der Waals surface area (Å²) in [5.74, 6) is 5.04. The van der Waals surface area contributed by atoms with Crippen molar-refractivity contribution in [1.29, 1.82) is 0 Å². The Morgan fingerprint density at radius 2 is 1.92 bits per heavy atom. The molecule has 0 radical (unpaired) electrons. The number of rotatable bonds is 3. The van der Waals surface area contributed by atoms with E-state index in [1.807, 2.05) is 0 Å². The Balaban J connectivity index is 1.64. The van der Waals surface area contributed by atoms with Crippen LogP contribution in [0.1, 0.15) is 79.1 Å². The van der Waals surface area contributed by atoms with Crippen LogP contribution >= 0.6 is 0 Å². The second kappa shape index (κ2) is 5.92. The van der Waals surface area contributed by atoms with Crippen LogP contribution in [0.3, 0.4) is 0 Å². The van der Waals surface area contributed by atoms with Gasteiger partial charge < -0.3 is 4.74 Å². The highest BCUT2D eigenvalue weighted by Crippen LogP contribution is 2.66. The van der Waals surface area contributed by atoms with Crippen molar-refractivity contribution in [2.75, 3.05) is 6.61 Å². The van der Waals surface area contributed by atoms with Crippen molar-refractivity contribution >= 4 is 0 Å². The van der Waals surface area contributed by atoms with Crippen molar-refractivity contribution in [3.8, 4) is 0 Å². The molecule has 0 aromatic heterocycles. The van der Waals surface area contributed by atoms with E-state index >= 15 is 0 Å². The lowest BCUT2D eigenvalue weighted by atomic mass is 9.48. The summed E-state index contributed by atoms with van der Waals surface area (Å²) in [5.41, 5.74) is 2.65. The molecule has 0 spiro atoms. The normalized spacial score (nSPS) is 47.2. The van der Waals surface area contributed by atoms with Gasteiger partial charge in [-0.2, -0.15) is 0 Å². The Hall–Kier alpha value is -0.720. The van der Waals surface area contributed by atoms with Gasteiger partial charge in [0.05, 0.1) is 12.4 Å². The van der Waals surface area contributed by atoms with E-state index in [9.17, 15) is 0 Å². The van der Waals surface area contributed by atoms with Gasteiger partial charge in [-0.1, -0.05) is 33.3 Å². The molecule has 24 heavy (non-hydrogen) atoms. The van der Waals surface area contributed by atoms with Crippen LogP contribution in [-0.4, -0.2) is 6.61 Å². The summed E-state index contributed by atoms with van der Waals surface area (Å²) in [6, 6.07) is 0. The third-order valence-electron chi connectivity index (χ3n) is 8.75. The van der Waals surface area contributed by atoms with Gasteiger partial charge in [-0.3, -0.25) is 0 Å². The van der Waals surface area contributed by atoms with E-state index in [-0.39, 0.29) is 0 Å². The van der Waals surface area contributed by atoms with Gasteiger partial charge >= 0.3 is 0 Å². The fraction of sp³-hybridized carbons (Fsp3) is 0.826. The molecule has 4 rings (SSSR count). The molecule has 1 heteroatoms. The molecule has 0 aromatic rings. The monoisotopic (exact) mass is 328 g/mol. The van der Waals surface area contributed by atoms with Crippen molar-refractivity contribution in [3.05, 3.63) is 23.5 Å². The fourth-order valence-corrected chi connectivity index (χ4v) is 7.38. The Morgan fingerprint density at radius 1 is 1.08 bits per heavy atom. The summed E-state index contributed by atoms with van der Waals surface area (Å²) in [7, 11) is 0. The van der Waals surface area contributed by atoms with Crippen molar-refractivity contribution in [1.82, 2.24) is 0 Å². The summed E-state index contributed by atoms with van der Waals surface area (Å²) in [6.45, 7) is 10.5. The molecule has 0 aliphatic heterocycles.